The summed E-state index contributed by atoms with van der Waals surface area (Å²) in [6, 6.07) is 19.0. The molecule has 0 unspecified atom stereocenters. The molecule has 3 rings (SSSR count). The van der Waals surface area contributed by atoms with Gasteiger partial charge in [-0.05, 0) is 43.3 Å². The Morgan fingerprint density at radius 2 is 1.42 bits per heavy atom. The summed E-state index contributed by atoms with van der Waals surface area (Å²) in [5.41, 5.74) is 2.86. The van der Waals surface area contributed by atoms with E-state index in [0.717, 1.165) is 22.9 Å². The Morgan fingerprint density at radius 1 is 0.792 bits per heavy atom. The van der Waals surface area contributed by atoms with Gasteiger partial charge in [-0.15, -0.1) is 0 Å². The normalized spacial score (nSPS) is 10.5. The van der Waals surface area contributed by atoms with E-state index in [4.69, 9.17) is 0 Å². The molecule has 1 aromatic heterocycles. The molecule has 0 radical (unpaired) electrons. The van der Waals surface area contributed by atoms with Gasteiger partial charge in [0.05, 0.1) is 0 Å². The maximum atomic E-state index is 9.44. The van der Waals surface area contributed by atoms with Crippen LogP contribution in [0.5, 0.6) is 5.75 Å². The van der Waals surface area contributed by atoms with Crippen molar-refractivity contribution >= 4 is 23.1 Å². The van der Waals surface area contributed by atoms with Crippen LogP contribution in [-0.2, 0) is 0 Å². The van der Waals surface area contributed by atoms with Crippen LogP contribution in [0.3, 0.4) is 0 Å². The van der Waals surface area contributed by atoms with Gasteiger partial charge in [0.25, 0.3) is 0 Å². The van der Waals surface area contributed by atoms with E-state index in [1.54, 1.807) is 12.1 Å². The molecule has 0 aliphatic heterocycles. The number of hydrogen-bond donors (Lipinski definition) is 1. The number of anilines is 4. The first kappa shape index (κ1) is 15.8. The predicted molar refractivity (Wildman–Crippen MR) is 97.4 cm³/mol. The second-order valence-electron chi connectivity index (χ2n) is 5.64. The maximum Gasteiger partial charge on any atom is 0.231 e. The van der Waals surface area contributed by atoms with Crippen molar-refractivity contribution in [2.24, 2.45) is 0 Å². The first-order valence-corrected chi connectivity index (χ1v) is 7.72. The molecule has 0 amide bonds. The van der Waals surface area contributed by atoms with Gasteiger partial charge < -0.3 is 14.9 Å². The van der Waals surface area contributed by atoms with Crippen molar-refractivity contribution in [3.8, 4) is 5.75 Å². The van der Waals surface area contributed by atoms with E-state index < -0.39 is 0 Å². The van der Waals surface area contributed by atoms with E-state index in [-0.39, 0.29) is 5.75 Å². The fourth-order valence-electron chi connectivity index (χ4n) is 2.43. The van der Waals surface area contributed by atoms with Crippen molar-refractivity contribution in [3.63, 3.8) is 0 Å². The number of aromatic hydroxyl groups is 1. The molecule has 122 valence electrons. The molecule has 0 saturated heterocycles. The topological polar surface area (TPSA) is 52.5 Å². The van der Waals surface area contributed by atoms with E-state index >= 15 is 0 Å². The summed E-state index contributed by atoms with van der Waals surface area (Å²) < 4.78 is 0. The predicted octanol–water partition coefficient (Wildman–Crippen LogP) is 4.03. The number of aryl methyl sites for hydroxylation is 1. The fourth-order valence-corrected chi connectivity index (χ4v) is 2.43. The second-order valence-corrected chi connectivity index (χ2v) is 5.64. The molecule has 0 saturated carbocycles. The molecule has 0 bridgehead atoms. The Kier molecular flexibility index (Phi) is 4.33. The van der Waals surface area contributed by atoms with Gasteiger partial charge in [-0.25, -0.2) is 4.98 Å². The van der Waals surface area contributed by atoms with E-state index in [2.05, 4.69) is 9.97 Å². The molecule has 0 spiro atoms. The summed E-state index contributed by atoms with van der Waals surface area (Å²) in [6.45, 7) is 1.96. The second kappa shape index (κ2) is 6.58. The van der Waals surface area contributed by atoms with Gasteiger partial charge in [-0.3, -0.25) is 0 Å². The number of aromatic nitrogens is 2. The van der Waals surface area contributed by atoms with Crippen LogP contribution < -0.4 is 9.80 Å². The largest absolute Gasteiger partial charge is 0.508 e. The Bertz CT molecular complexity index is 819. The van der Waals surface area contributed by atoms with Crippen LogP contribution >= 0.6 is 0 Å². The highest BCUT2D eigenvalue weighted by Gasteiger charge is 2.12. The SMILES string of the molecule is Cc1cc(N(C)c2ccccc2)nc(N(C)c2ccc(O)cc2)n1. The number of para-hydroxylation sites is 1. The molecule has 0 atom stereocenters. The van der Waals surface area contributed by atoms with E-state index in [1.807, 2.05) is 79.3 Å². The van der Waals surface area contributed by atoms with Crippen molar-refractivity contribution in [2.45, 2.75) is 6.92 Å². The van der Waals surface area contributed by atoms with Crippen molar-refractivity contribution in [2.75, 3.05) is 23.9 Å². The van der Waals surface area contributed by atoms with Crippen LogP contribution in [-0.4, -0.2) is 29.2 Å². The molecule has 2 aromatic carbocycles. The molecule has 1 heterocycles. The molecule has 3 aromatic rings. The van der Waals surface area contributed by atoms with Crippen LogP contribution in [0, 0.1) is 6.92 Å². The number of rotatable bonds is 4. The first-order chi connectivity index (χ1) is 11.5. The molecular formula is C19H20N4O. The Hall–Kier alpha value is -3.08. The van der Waals surface area contributed by atoms with Gasteiger partial charge in [-0.2, -0.15) is 4.98 Å². The summed E-state index contributed by atoms with van der Waals surface area (Å²) in [5.74, 6) is 1.68. The lowest BCUT2D eigenvalue weighted by atomic mass is 10.3. The molecule has 0 fully saturated rings. The number of benzene rings is 2. The van der Waals surface area contributed by atoms with Crippen LogP contribution in [0.2, 0.25) is 0 Å². The molecular weight excluding hydrogens is 300 g/mol. The summed E-state index contributed by atoms with van der Waals surface area (Å²) in [6.07, 6.45) is 0. The maximum absolute atomic E-state index is 9.44. The van der Waals surface area contributed by atoms with Crippen LogP contribution in [0.4, 0.5) is 23.1 Å². The van der Waals surface area contributed by atoms with E-state index in [0.29, 0.717) is 5.95 Å². The van der Waals surface area contributed by atoms with Gasteiger partial charge in [-0.1, -0.05) is 18.2 Å². The average Bonchev–Trinajstić information content (AvgIpc) is 2.61. The minimum atomic E-state index is 0.238. The minimum Gasteiger partial charge on any atom is -0.508 e. The van der Waals surface area contributed by atoms with Gasteiger partial charge >= 0.3 is 0 Å². The van der Waals surface area contributed by atoms with Gasteiger partial charge in [0.1, 0.15) is 11.6 Å². The zero-order valence-electron chi connectivity index (χ0n) is 14.0. The lowest BCUT2D eigenvalue weighted by Crippen LogP contribution is -2.17. The van der Waals surface area contributed by atoms with Crippen molar-refractivity contribution < 1.29 is 5.11 Å². The third-order valence-electron chi connectivity index (χ3n) is 3.85. The summed E-state index contributed by atoms with van der Waals surface area (Å²) in [7, 11) is 3.90. The van der Waals surface area contributed by atoms with Gasteiger partial charge in [0.15, 0.2) is 0 Å². The van der Waals surface area contributed by atoms with Crippen molar-refractivity contribution in [1.29, 1.82) is 0 Å². The Labute approximate surface area is 141 Å². The van der Waals surface area contributed by atoms with Crippen molar-refractivity contribution in [3.05, 3.63) is 66.4 Å². The van der Waals surface area contributed by atoms with E-state index in [9.17, 15) is 5.11 Å². The highest BCUT2D eigenvalue weighted by atomic mass is 16.3. The van der Waals surface area contributed by atoms with E-state index in [1.165, 1.54) is 0 Å². The average molecular weight is 320 g/mol. The molecule has 0 aliphatic rings. The number of nitrogens with zero attached hydrogens (tertiary/aromatic N) is 4. The smallest absolute Gasteiger partial charge is 0.231 e. The summed E-state index contributed by atoms with van der Waals surface area (Å²) >= 11 is 0. The lowest BCUT2D eigenvalue weighted by molar-refractivity contribution is 0.475. The number of phenols is 1. The number of phenolic OH excluding ortho intramolecular Hbond substituents is 1. The zero-order valence-corrected chi connectivity index (χ0v) is 14.0. The molecule has 5 nitrogen and oxygen atoms in total. The summed E-state index contributed by atoms with van der Waals surface area (Å²) in [4.78, 5) is 13.1. The first-order valence-electron chi connectivity index (χ1n) is 7.72. The Morgan fingerprint density at radius 3 is 2.08 bits per heavy atom. The van der Waals surface area contributed by atoms with Crippen LogP contribution in [0.1, 0.15) is 5.69 Å². The lowest BCUT2D eigenvalue weighted by Gasteiger charge is -2.22. The Balaban J connectivity index is 1.95. The zero-order chi connectivity index (χ0) is 17.1. The molecule has 1 N–H and O–H groups in total. The minimum absolute atomic E-state index is 0.238. The van der Waals surface area contributed by atoms with Gasteiger partial charge in [0, 0.05) is 37.2 Å². The highest BCUT2D eigenvalue weighted by Crippen LogP contribution is 2.27. The third kappa shape index (κ3) is 3.30. The monoisotopic (exact) mass is 320 g/mol. The molecule has 0 aliphatic carbocycles. The quantitative estimate of drug-likeness (QED) is 0.786. The number of hydrogen-bond acceptors (Lipinski definition) is 5. The fraction of sp³-hybridized carbons (Fsp3) is 0.158. The third-order valence-corrected chi connectivity index (χ3v) is 3.85. The summed E-state index contributed by atoms with van der Waals surface area (Å²) in [5, 5.41) is 9.44. The standard InChI is InChI=1S/C19H20N4O/c1-14-13-18(22(2)15-7-5-4-6-8-15)21-19(20-14)23(3)16-9-11-17(24)12-10-16/h4-13,24H,1-3H3. The molecule has 5 heteroatoms. The van der Waals surface area contributed by atoms with Crippen LogP contribution in [0.25, 0.3) is 0 Å². The molecule has 24 heavy (non-hydrogen) atoms. The van der Waals surface area contributed by atoms with Gasteiger partial charge in [0.2, 0.25) is 5.95 Å². The highest BCUT2D eigenvalue weighted by molar-refractivity contribution is 5.63. The van der Waals surface area contributed by atoms with Crippen molar-refractivity contribution in [1.82, 2.24) is 9.97 Å². The van der Waals surface area contributed by atoms with Crippen LogP contribution in [0.15, 0.2) is 60.7 Å².